The summed E-state index contributed by atoms with van der Waals surface area (Å²) in [5.41, 5.74) is 2.28. The van der Waals surface area contributed by atoms with E-state index in [1.807, 2.05) is 52.0 Å². The summed E-state index contributed by atoms with van der Waals surface area (Å²) < 4.78 is 1.71. The van der Waals surface area contributed by atoms with Crippen LogP contribution in [0.15, 0.2) is 30.3 Å². The number of nitrogens with one attached hydrogen (secondary N) is 1. The van der Waals surface area contributed by atoms with E-state index in [2.05, 4.69) is 10.4 Å². The molecule has 0 saturated heterocycles. The molecule has 1 heterocycles. The summed E-state index contributed by atoms with van der Waals surface area (Å²) in [5.74, 6) is -1.35. The summed E-state index contributed by atoms with van der Waals surface area (Å²) in [4.78, 5) is 23.8. The minimum Gasteiger partial charge on any atom is -0.481 e. The van der Waals surface area contributed by atoms with Crippen molar-refractivity contribution >= 4 is 11.9 Å². The van der Waals surface area contributed by atoms with Crippen molar-refractivity contribution in [3.05, 3.63) is 47.3 Å². The lowest BCUT2D eigenvalue weighted by Crippen LogP contribution is -2.51. The number of amides is 1. The average Bonchev–Trinajstić information content (AvgIpc) is 2.89. The molecule has 25 heavy (non-hydrogen) atoms. The number of aliphatic carboxylic acids is 1. The normalized spacial score (nSPS) is 13.5. The molecule has 0 saturated carbocycles. The highest BCUT2D eigenvalue weighted by Gasteiger charge is 2.33. The lowest BCUT2D eigenvalue weighted by atomic mass is 9.85. The predicted molar refractivity (Wildman–Crippen MR) is 96.0 cm³/mol. The smallest absolute Gasteiger partial charge is 0.305 e. The Balaban J connectivity index is 2.27. The number of nitrogens with zero attached hydrogens (tertiary/aromatic N) is 2. The Kier molecular flexibility index (Phi) is 5.30. The largest absolute Gasteiger partial charge is 0.481 e. The molecule has 6 nitrogen and oxygen atoms in total. The van der Waals surface area contributed by atoms with Gasteiger partial charge in [0.05, 0.1) is 17.6 Å². The molecule has 2 aromatic rings. The maximum absolute atomic E-state index is 12.6. The van der Waals surface area contributed by atoms with E-state index in [9.17, 15) is 9.59 Å². The molecule has 134 valence electrons. The zero-order valence-corrected chi connectivity index (χ0v) is 15.3. The standard InChI is InChI=1S/C19H25N3O3/c1-12(2)19(5,11-17(23)24)20-18(25)16-10-14(4)22(21-16)15-8-6-13(3)7-9-15/h6-10,12H,11H2,1-5H3,(H,20,25)(H,23,24). The number of carbonyl (C=O) groups is 2. The molecular weight excluding hydrogens is 318 g/mol. The van der Waals surface area contributed by atoms with Gasteiger partial charge >= 0.3 is 5.97 Å². The van der Waals surface area contributed by atoms with Gasteiger partial charge in [-0.2, -0.15) is 5.10 Å². The van der Waals surface area contributed by atoms with Gasteiger partial charge in [-0.15, -0.1) is 0 Å². The molecule has 0 spiro atoms. The van der Waals surface area contributed by atoms with E-state index in [1.54, 1.807) is 17.7 Å². The number of carboxylic acid groups (broad SMARTS) is 1. The quantitative estimate of drug-likeness (QED) is 0.844. The van der Waals surface area contributed by atoms with Gasteiger partial charge in [-0.25, -0.2) is 4.68 Å². The fraction of sp³-hybridized carbons (Fsp3) is 0.421. The van der Waals surface area contributed by atoms with E-state index in [0.717, 1.165) is 16.9 Å². The first-order valence-corrected chi connectivity index (χ1v) is 8.30. The van der Waals surface area contributed by atoms with Crippen LogP contribution in [0.4, 0.5) is 0 Å². The van der Waals surface area contributed by atoms with Gasteiger partial charge in [0.25, 0.3) is 5.91 Å². The van der Waals surface area contributed by atoms with E-state index in [1.165, 1.54) is 0 Å². The molecule has 0 aliphatic rings. The van der Waals surface area contributed by atoms with Gasteiger partial charge in [-0.3, -0.25) is 9.59 Å². The van der Waals surface area contributed by atoms with Crippen LogP contribution in [0.5, 0.6) is 0 Å². The Bertz CT molecular complexity index is 778. The van der Waals surface area contributed by atoms with Crippen LogP contribution in [0.1, 0.15) is 48.9 Å². The highest BCUT2D eigenvalue weighted by atomic mass is 16.4. The molecule has 1 aromatic carbocycles. The Morgan fingerprint density at radius 3 is 2.36 bits per heavy atom. The van der Waals surface area contributed by atoms with Gasteiger partial charge in [0, 0.05) is 5.69 Å². The molecule has 0 fully saturated rings. The zero-order chi connectivity index (χ0) is 18.8. The average molecular weight is 343 g/mol. The number of hydrogen-bond acceptors (Lipinski definition) is 3. The van der Waals surface area contributed by atoms with Crippen molar-refractivity contribution in [1.29, 1.82) is 0 Å². The van der Waals surface area contributed by atoms with Crippen molar-refractivity contribution in [1.82, 2.24) is 15.1 Å². The van der Waals surface area contributed by atoms with Gasteiger partial charge in [0.2, 0.25) is 0 Å². The third kappa shape index (κ3) is 4.26. The fourth-order valence-electron chi connectivity index (χ4n) is 2.56. The maximum Gasteiger partial charge on any atom is 0.305 e. The minimum atomic E-state index is -0.946. The Morgan fingerprint density at radius 2 is 1.84 bits per heavy atom. The van der Waals surface area contributed by atoms with Crippen molar-refractivity contribution in [3.8, 4) is 5.69 Å². The van der Waals surface area contributed by atoms with Gasteiger partial charge in [0.15, 0.2) is 5.69 Å². The number of benzene rings is 1. The topological polar surface area (TPSA) is 84.2 Å². The van der Waals surface area contributed by atoms with Crippen molar-refractivity contribution in [2.45, 2.75) is 46.6 Å². The summed E-state index contributed by atoms with van der Waals surface area (Å²) >= 11 is 0. The number of aryl methyl sites for hydroxylation is 2. The second kappa shape index (κ2) is 7.09. The van der Waals surface area contributed by atoms with Gasteiger partial charge in [-0.05, 0) is 44.9 Å². The van der Waals surface area contributed by atoms with E-state index in [4.69, 9.17) is 5.11 Å². The molecule has 1 atom stereocenters. The van der Waals surface area contributed by atoms with E-state index in [0.29, 0.717) is 0 Å². The first-order valence-electron chi connectivity index (χ1n) is 8.30. The van der Waals surface area contributed by atoms with E-state index in [-0.39, 0.29) is 23.9 Å². The molecule has 1 unspecified atom stereocenters. The molecular formula is C19H25N3O3. The first kappa shape index (κ1) is 18.7. The molecule has 0 bridgehead atoms. The van der Waals surface area contributed by atoms with Crippen LogP contribution in [0.2, 0.25) is 0 Å². The number of hydrogen-bond donors (Lipinski definition) is 2. The molecule has 2 rings (SSSR count). The summed E-state index contributed by atoms with van der Waals surface area (Å²) in [7, 11) is 0. The lowest BCUT2D eigenvalue weighted by Gasteiger charge is -2.33. The second-order valence-electron chi connectivity index (χ2n) is 7.02. The molecule has 1 aromatic heterocycles. The lowest BCUT2D eigenvalue weighted by molar-refractivity contribution is -0.138. The van der Waals surface area contributed by atoms with E-state index < -0.39 is 11.5 Å². The number of carbonyl (C=O) groups excluding carboxylic acids is 1. The van der Waals surface area contributed by atoms with Crippen LogP contribution in [0.3, 0.4) is 0 Å². The number of aromatic nitrogens is 2. The SMILES string of the molecule is Cc1ccc(-n2nc(C(=O)NC(C)(CC(=O)O)C(C)C)cc2C)cc1. The summed E-state index contributed by atoms with van der Waals surface area (Å²) in [6.07, 6.45) is -0.145. The van der Waals surface area contributed by atoms with Crippen molar-refractivity contribution in [3.63, 3.8) is 0 Å². The van der Waals surface area contributed by atoms with Crippen LogP contribution < -0.4 is 5.32 Å². The summed E-state index contributed by atoms with van der Waals surface area (Å²) in [5, 5.41) is 16.4. The van der Waals surface area contributed by atoms with Crippen LogP contribution in [-0.4, -0.2) is 32.3 Å². The van der Waals surface area contributed by atoms with Crippen molar-refractivity contribution < 1.29 is 14.7 Å². The Hall–Kier alpha value is -2.63. The molecule has 0 aliphatic carbocycles. The molecule has 0 radical (unpaired) electrons. The van der Waals surface area contributed by atoms with Crippen LogP contribution in [-0.2, 0) is 4.79 Å². The van der Waals surface area contributed by atoms with Crippen LogP contribution >= 0.6 is 0 Å². The Morgan fingerprint density at radius 1 is 1.24 bits per heavy atom. The van der Waals surface area contributed by atoms with Gasteiger partial charge in [-0.1, -0.05) is 31.5 Å². The Labute approximate surface area is 147 Å². The molecule has 0 aliphatic heterocycles. The number of carboxylic acids is 1. The monoisotopic (exact) mass is 343 g/mol. The third-order valence-electron chi connectivity index (χ3n) is 4.59. The third-order valence-corrected chi connectivity index (χ3v) is 4.59. The second-order valence-corrected chi connectivity index (χ2v) is 7.02. The highest BCUT2D eigenvalue weighted by Crippen LogP contribution is 2.22. The predicted octanol–water partition coefficient (Wildman–Crippen LogP) is 3.11. The van der Waals surface area contributed by atoms with Crippen molar-refractivity contribution in [2.75, 3.05) is 0 Å². The zero-order valence-electron chi connectivity index (χ0n) is 15.3. The first-order chi connectivity index (χ1) is 11.6. The van der Waals surface area contributed by atoms with E-state index >= 15 is 0 Å². The summed E-state index contributed by atoms with van der Waals surface area (Å²) in [6, 6.07) is 9.56. The van der Waals surface area contributed by atoms with Crippen molar-refractivity contribution in [2.24, 2.45) is 5.92 Å². The minimum absolute atomic E-state index is 0.0344. The summed E-state index contributed by atoms with van der Waals surface area (Å²) in [6.45, 7) is 9.41. The van der Waals surface area contributed by atoms with Gasteiger partial charge in [0.1, 0.15) is 0 Å². The van der Waals surface area contributed by atoms with Crippen LogP contribution in [0.25, 0.3) is 5.69 Å². The fourth-order valence-corrected chi connectivity index (χ4v) is 2.56. The molecule has 6 heteroatoms. The maximum atomic E-state index is 12.6. The molecule has 2 N–H and O–H groups in total. The van der Waals surface area contributed by atoms with Crippen LogP contribution in [0, 0.1) is 19.8 Å². The molecule has 1 amide bonds. The highest BCUT2D eigenvalue weighted by molar-refractivity contribution is 5.93. The van der Waals surface area contributed by atoms with Gasteiger partial charge < -0.3 is 10.4 Å². The number of rotatable bonds is 6.